The Bertz CT molecular complexity index is 344. The van der Waals surface area contributed by atoms with Crippen LogP contribution in [0.5, 0.6) is 0 Å². The zero-order valence-corrected chi connectivity index (χ0v) is 8.36. The van der Waals surface area contributed by atoms with Gasteiger partial charge in [-0.2, -0.15) is 0 Å². The normalized spacial score (nSPS) is 14.2. The maximum atomic E-state index is 5.55. The second-order valence-electron chi connectivity index (χ2n) is 3.55. The Kier molecular flexibility index (Phi) is 2.32. The predicted octanol–water partition coefficient (Wildman–Crippen LogP) is 2.00. The van der Waals surface area contributed by atoms with Crippen molar-refractivity contribution in [2.45, 2.75) is 25.7 Å². The quantitative estimate of drug-likeness (QED) is 0.724. The van der Waals surface area contributed by atoms with Gasteiger partial charge in [0.05, 0.1) is 4.99 Å². The molecule has 0 saturated carbocycles. The summed E-state index contributed by atoms with van der Waals surface area (Å²) in [7, 11) is 0. The SMILES string of the molecule is NC(=S)Cc1cccc2c1CCC2. The predicted molar refractivity (Wildman–Crippen MR) is 59.0 cm³/mol. The fourth-order valence-electron chi connectivity index (χ4n) is 2.05. The molecular formula is C11H13NS. The third-order valence-electron chi connectivity index (χ3n) is 2.61. The van der Waals surface area contributed by atoms with E-state index in [1.807, 2.05) is 0 Å². The van der Waals surface area contributed by atoms with Crippen molar-refractivity contribution in [1.29, 1.82) is 0 Å². The number of nitrogens with two attached hydrogens (primary N) is 1. The molecule has 1 aromatic carbocycles. The van der Waals surface area contributed by atoms with E-state index in [0.29, 0.717) is 4.99 Å². The van der Waals surface area contributed by atoms with Gasteiger partial charge in [-0.25, -0.2) is 0 Å². The van der Waals surface area contributed by atoms with E-state index in [-0.39, 0.29) is 0 Å². The Balaban J connectivity index is 2.36. The number of thiocarbonyl (C=S) groups is 1. The summed E-state index contributed by atoms with van der Waals surface area (Å²) < 4.78 is 0. The molecule has 0 fully saturated rings. The number of benzene rings is 1. The average Bonchev–Trinajstić information content (AvgIpc) is 2.51. The molecule has 2 N–H and O–H groups in total. The summed E-state index contributed by atoms with van der Waals surface area (Å²) in [6.07, 6.45) is 4.47. The topological polar surface area (TPSA) is 26.0 Å². The monoisotopic (exact) mass is 191 g/mol. The minimum atomic E-state index is 0.597. The fourth-order valence-corrected chi connectivity index (χ4v) is 2.21. The highest BCUT2D eigenvalue weighted by Crippen LogP contribution is 2.25. The number of hydrogen-bond donors (Lipinski definition) is 1. The highest BCUT2D eigenvalue weighted by molar-refractivity contribution is 7.80. The lowest BCUT2D eigenvalue weighted by Crippen LogP contribution is -2.12. The van der Waals surface area contributed by atoms with Crippen LogP contribution in [0.1, 0.15) is 23.1 Å². The highest BCUT2D eigenvalue weighted by Gasteiger charge is 2.13. The van der Waals surface area contributed by atoms with E-state index in [9.17, 15) is 0 Å². The molecule has 0 saturated heterocycles. The summed E-state index contributed by atoms with van der Waals surface area (Å²) in [6.45, 7) is 0. The first-order valence-electron chi connectivity index (χ1n) is 4.65. The molecule has 0 unspecified atom stereocenters. The third-order valence-corrected chi connectivity index (χ3v) is 2.75. The molecule has 1 aliphatic rings. The van der Waals surface area contributed by atoms with Crippen molar-refractivity contribution in [2.75, 3.05) is 0 Å². The largest absolute Gasteiger partial charge is 0.393 e. The Hall–Kier alpha value is -0.890. The van der Waals surface area contributed by atoms with Crippen molar-refractivity contribution in [2.24, 2.45) is 5.73 Å². The zero-order chi connectivity index (χ0) is 9.26. The van der Waals surface area contributed by atoms with Crippen molar-refractivity contribution in [3.8, 4) is 0 Å². The van der Waals surface area contributed by atoms with Crippen molar-refractivity contribution >= 4 is 17.2 Å². The van der Waals surface area contributed by atoms with Crippen LogP contribution in [0.15, 0.2) is 18.2 Å². The van der Waals surface area contributed by atoms with E-state index in [1.54, 1.807) is 0 Å². The van der Waals surface area contributed by atoms with Crippen LogP contribution < -0.4 is 5.73 Å². The van der Waals surface area contributed by atoms with Crippen LogP contribution in [0.2, 0.25) is 0 Å². The van der Waals surface area contributed by atoms with Gasteiger partial charge in [0.25, 0.3) is 0 Å². The molecule has 0 heterocycles. The van der Waals surface area contributed by atoms with E-state index < -0.39 is 0 Å². The van der Waals surface area contributed by atoms with Gasteiger partial charge in [-0.15, -0.1) is 0 Å². The molecule has 0 bridgehead atoms. The van der Waals surface area contributed by atoms with Gasteiger partial charge in [0, 0.05) is 6.42 Å². The molecule has 2 heteroatoms. The van der Waals surface area contributed by atoms with E-state index in [4.69, 9.17) is 18.0 Å². The molecular weight excluding hydrogens is 178 g/mol. The minimum absolute atomic E-state index is 0.597. The van der Waals surface area contributed by atoms with Crippen LogP contribution in [0.25, 0.3) is 0 Å². The second kappa shape index (κ2) is 3.46. The second-order valence-corrected chi connectivity index (χ2v) is 4.08. The van der Waals surface area contributed by atoms with Crippen LogP contribution >= 0.6 is 12.2 Å². The van der Waals surface area contributed by atoms with E-state index >= 15 is 0 Å². The number of rotatable bonds is 2. The van der Waals surface area contributed by atoms with Crippen LogP contribution in [-0.4, -0.2) is 4.99 Å². The molecule has 0 amide bonds. The summed E-state index contributed by atoms with van der Waals surface area (Å²) >= 11 is 4.93. The smallest absolute Gasteiger partial charge is 0.0771 e. The van der Waals surface area contributed by atoms with Gasteiger partial charge in [-0.1, -0.05) is 30.4 Å². The maximum absolute atomic E-state index is 5.55. The Morgan fingerprint density at radius 2 is 2.23 bits per heavy atom. The van der Waals surface area contributed by atoms with E-state index in [1.165, 1.54) is 36.0 Å². The van der Waals surface area contributed by atoms with Crippen LogP contribution in [0, 0.1) is 0 Å². The van der Waals surface area contributed by atoms with Gasteiger partial charge in [-0.3, -0.25) is 0 Å². The number of fused-ring (bicyclic) bond motifs is 1. The molecule has 1 nitrogen and oxygen atoms in total. The Morgan fingerprint density at radius 3 is 3.00 bits per heavy atom. The van der Waals surface area contributed by atoms with Crippen molar-refractivity contribution in [3.05, 3.63) is 34.9 Å². The van der Waals surface area contributed by atoms with Crippen LogP contribution in [0.4, 0.5) is 0 Å². The van der Waals surface area contributed by atoms with Gasteiger partial charge in [0.15, 0.2) is 0 Å². The van der Waals surface area contributed by atoms with Crippen molar-refractivity contribution in [3.63, 3.8) is 0 Å². The standard InChI is InChI=1S/C11H13NS/c12-11(13)7-9-5-1-3-8-4-2-6-10(8)9/h1,3,5H,2,4,6-7H2,(H2,12,13). The summed E-state index contributed by atoms with van der Waals surface area (Å²) in [5.41, 5.74) is 9.88. The molecule has 1 aliphatic carbocycles. The Morgan fingerprint density at radius 1 is 1.38 bits per heavy atom. The molecule has 0 atom stereocenters. The molecule has 2 rings (SSSR count). The summed E-state index contributed by atoms with van der Waals surface area (Å²) in [5.74, 6) is 0. The molecule has 68 valence electrons. The van der Waals surface area contributed by atoms with Gasteiger partial charge >= 0.3 is 0 Å². The van der Waals surface area contributed by atoms with Crippen LogP contribution in [-0.2, 0) is 19.3 Å². The number of hydrogen-bond acceptors (Lipinski definition) is 1. The van der Waals surface area contributed by atoms with E-state index in [2.05, 4.69) is 18.2 Å². The lowest BCUT2D eigenvalue weighted by atomic mass is 10.0. The first-order chi connectivity index (χ1) is 6.27. The summed E-state index contributed by atoms with van der Waals surface area (Å²) in [4.78, 5) is 0.597. The van der Waals surface area contributed by atoms with E-state index in [0.717, 1.165) is 6.42 Å². The highest BCUT2D eigenvalue weighted by atomic mass is 32.1. The lowest BCUT2D eigenvalue weighted by molar-refractivity contribution is 0.908. The molecule has 0 aliphatic heterocycles. The first kappa shape index (κ1) is 8.70. The third kappa shape index (κ3) is 1.73. The van der Waals surface area contributed by atoms with Crippen molar-refractivity contribution < 1.29 is 0 Å². The molecule has 13 heavy (non-hydrogen) atoms. The van der Waals surface area contributed by atoms with Crippen molar-refractivity contribution in [1.82, 2.24) is 0 Å². The first-order valence-corrected chi connectivity index (χ1v) is 5.06. The average molecular weight is 191 g/mol. The minimum Gasteiger partial charge on any atom is -0.393 e. The summed E-state index contributed by atoms with van der Waals surface area (Å²) in [5, 5.41) is 0. The molecule has 0 radical (unpaired) electrons. The lowest BCUT2D eigenvalue weighted by Gasteiger charge is -2.06. The zero-order valence-electron chi connectivity index (χ0n) is 7.55. The maximum Gasteiger partial charge on any atom is 0.0771 e. The summed E-state index contributed by atoms with van der Waals surface area (Å²) in [6, 6.07) is 6.46. The van der Waals surface area contributed by atoms with Gasteiger partial charge in [-0.05, 0) is 36.0 Å². The van der Waals surface area contributed by atoms with Gasteiger partial charge < -0.3 is 5.73 Å². The fraction of sp³-hybridized carbons (Fsp3) is 0.364. The molecule has 0 aromatic heterocycles. The number of aryl methyl sites for hydroxylation is 1. The Labute approximate surface area is 83.9 Å². The van der Waals surface area contributed by atoms with Gasteiger partial charge in [0.1, 0.15) is 0 Å². The molecule has 0 spiro atoms. The van der Waals surface area contributed by atoms with Crippen LogP contribution in [0.3, 0.4) is 0 Å². The van der Waals surface area contributed by atoms with Gasteiger partial charge in [0.2, 0.25) is 0 Å². The molecule has 1 aromatic rings.